The maximum Gasteiger partial charge on any atom is 0.275 e. The molecule has 3 heterocycles. The summed E-state index contributed by atoms with van der Waals surface area (Å²) in [6, 6.07) is 14.5. The van der Waals surface area contributed by atoms with Gasteiger partial charge in [0.1, 0.15) is 16.1 Å². The molecule has 0 amide bonds. The van der Waals surface area contributed by atoms with E-state index in [-0.39, 0.29) is 0 Å². The van der Waals surface area contributed by atoms with Crippen molar-refractivity contribution in [2.45, 2.75) is 26.3 Å². The maximum absolute atomic E-state index is 6.60. The van der Waals surface area contributed by atoms with E-state index in [9.17, 15) is 0 Å². The number of aromatic nitrogens is 3. The van der Waals surface area contributed by atoms with Crippen LogP contribution < -0.4 is 10.3 Å². The molecule has 0 atom stereocenters. The zero-order valence-corrected chi connectivity index (χ0v) is 15.9. The van der Waals surface area contributed by atoms with Crippen molar-refractivity contribution in [1.82, 2.24) is 9.78 Å². The van der Waals surface area contributed by atoms with E-state index in [1.807, 2.05) is 29.8 Å². The lowest BCUT2D eigenvalue weighted by Crippen LogP contribution is -2.33. The SMILES string of the molecule is Cc1ccc(-n2nc3c(c2N)-c2sc4ccccc4[n+]2CCC3)cc1Cl. The second-order valence-corrected chi connectivity index (χ2v) is 8.12. The van der Waals surface area contributed by atoms with Crippen molar-refractivity contribution in [1.29, 1.82) is 0 Å². The molecule has 6 heteroatoms. The van der Waals surface area contributed by atoms with Gasteiger partial charge in [0.25, 0.3) is 5.01 Å². The zero-order valence-electron chi connectivity index (χ0n) is 14.4. The summed E-state index contributed by atoms with van der Waals surface area (Å²) < 4.78 is 5.49. The average Bonchev–Trinajstić information content (AvgIpc) is 3.09. The number of hydrogen-bond acceptors (Lipinski definition) is 3. The van der Waals surface area contributed by atoms with Gasteiger partial charge in [-0.3, -0.25) is 0 Å². The molecule has 0 radical (unpaired) electrons. The minimum atomic E-state index is 0.683. The topological polar surface area (TPSA) is 47.7 Å². The molecule has 0 saturated carbocycles. The molecule has 2 aromatic heterocycles. The van der Waals surface area contributed by atoms with Gasteiger partial charge in [-0.15, -0.1) is 0 Å². The Balaban J connectivity index is 1.76. The highest BCUT2D eigenvalue weighted by Gasteiger charge is 2.32. The van der Waals surface area contributed by atoms with Crippen LogP contribution in [0.5, 0.6) is 0 Å². The lowest BCUT2D eigenvalue weighted by atomic mass is 10.2. The van der Waals surface area contributed by atoms with Crippen molar-refractivity contribution in [3.8, 4) is 16.3 Å². The minimum Gasteiger partial charge on any atom is -0.383 e. The number of para-hydroxylation sites is 1. The third-order valence-corrected chi connectivity index (χ3v) is 6.60. The van der Waals surface area contributed by atoms with Crippen LogP contribution in [-0.2, 0) is 13.0 Å². The highest BCUT2D eigenvalue weighted by Crippen LogP contribution is 2.38. The molecular formula is C20H18ClN4S+. The molecule has 5 rings (SSSR count). The van der Waals surface area contributed by atoms with Crippen LogP contribution in [0.25, 0.3) is 26.5 Å². The molecule has 0 saturated heterocycles. The van der Waals surface area contributed by atoms with Crippen molar-refractivity contribution >= 4 is 39.0 Å². The fourth-order valence-corrected chi connectivity index (χ4v) is 5.08. The van der Waals surface area contributed by atoms with E-state index in [1.165, 1.54) is 15.2 Å². The van der Waals surface area contributed by atoms with Crippen LogP contribution in [0.1, 0.15) is 17.7 Å². The van der Waals surface area contributed by atoms with E-state index in [0.29, 0.717) is 5.82 Å². The summed E-state index contributed by atoms with van der Waals surface area (Å²) in [5.41, 5.74) is 12.0. The molecule has 1 aliphatic heterocycles. The van der Waals surface area contributed by atoms with Gasteiger partial charge < -0.3 is 5.73 Å². The van der Waals surface area contributed by atoms with Crippen molar-refractivity contribution in [3.05, 3.63) is 58.7 Å². The first-order chi connectivity index (χ1) is 12.6. The van der Waals surface area contributed by atoms with Gasteiger partial charge in [0, 0.05) is 17.5 Å². The van der Waals surface area contributed by atoms with Gasteiger partial charge >= 0.3 is 0 Å². The third kappa shape index (κ3) is 2.27. The molecular weight excluding hydrogens is 364 g/mol. The molecule has 4 aromatic rings. The summed E-state index contributed by atoms with van der Waals surface area (Å²) in [6.07, 6.45) is 1.98. The highest BCUT2D eigenvalue weighted by molar-refractivity contribution is 7.21. The number of rotatable bonds is 1. The summed E-state index contributed by atoms with van der Waals surface area (Å²) >= 11 is 8.11. The van der Waals surface area contributed by atoms with E-state index in [4.69, 9.17) is 22.4 Å². The third-order valence-electron chi connectivity index (χ3n) is 5.01. The van der Waals surface area contributed by atoms with Gasteiger partial charge in [0.05, 0.1) is 11.4 Å². The van der Waals surface area contributed by atoms with Crippen LogP contribution in [0.4, 0.5) is 5.82 Å². The van der Waals surface area contributed by atoms with E-state index in [0.717, 1.165) is 46.9 Å². The predicted molar refractivity (Wildman–Crippen MR) is 107 cm³/mol. The highest BCUT2D eigenvalue weighted by atomic mass is 35.5. The van der Waals surface area contributed by atoms with Crippen molar-refractivity contribution < 1.29 is 4.57 Å². The zero-order chi connectivity index (χ0) is 17.8. The summed E-state index contributed by atoms with van der Waals surface area (Å²) in [7, 11) is 0. The molecule has 0 unspecified atom stereocenters. The molecule has 2 aromatic carbocycles. The van der Waals surface area contributed by atoms with Gasteiger partial charge in [0.15, 0.2) is 6.54 Å². The molecule has 130 valence electrons. The van der Waals surface area contributed by atoms with Gasteiger partial charge in [-0.1, -0.05) is 41.1 Å². The van der Waals surface area contributed by atoms with Crippen LogP contribution >= 0.6 is 22.9 Å². The first-order valence-corrected chi connectivity index (χ1v) is 9.88. The van der Waals surface area contributed by atoms with E-state index in [2.05, 4.69) is 28.8 Å². The van der Waals surface area contributed by atoms with Crippen LogP contribution in [0.3, 0.4) is 0 Å². The molecule has 0 spiro atoms. The van der Waals surface area contributed by atoms with E-state index >= 15 is 0 Å². The number of halogens is 1. The van der Waals surface area contributed by atoms with Gasteiger partial charge in [-0.25, -0.2) is 4.68 Å². The predicted octanol–water partition coefficient (Wildman–Crippen LogP) is 4.53. The summed E-state index contributed by atoms with van der Waals surface area (Å²) in [4.78, 5) is 0. The standard InChI is InChI=1S/C20H17ClN4S/c1-12-8-9-13(11-14(12)21)25-19(22)18-15(23-25)5-4-10-24-16-6-2-3-7-17(16)26-20(18)24/h2-3,6-9,11,22H,4-5,10H2,1H3/p+1. The Morgan fingerprint density at radius 2 is 2.08 bits per heavy atom. The number of benzene rings is 2. The van der Waals surface area contributed by atoms with Gasteiger partial charge in [-0.05, 0) is 37.1 Å². The van der Waals surface area contributed by atoms with Crippen molar-refractivity contribution in [2.75, 3.05) is 5.73 Å². The smallest absolute Gasteiger partial charge is 0.275 e. The Morgan fingerprint density at radius 1 is 1.23 bits per heavy atom. The average molecular weight is 382 g/mol. The number of anilines is 1. The molecule has 0 aliphatic carbocycles. The van der Waals surface area contributed by atoms with Crippen LogP contribution in [0.2, 0.25) is 5.02 Å². The number of fused-ring (bicyclic) bond motifs is 5. The number of nitrogens with two attached hydrogens (primary N) is 1. The van der Waals surface area contributed by atoms with Gasteiger partial charge in [0.2, 0.25) is 5.52 Å². The maximum atomic E-state index is 6.60. The first kappa shape index (κ1) is 15.9. The van der Waals surface area contributed by atoms with Crippen molar-refractivity contribution in [2.24, 2.45) is 0 Å². The Kier molecular flexibility index (Phi) is 3.55. The van der Waals surface area contributed by atoms with Crippen LogP contribution in [0.15, 0.2) is 42.5 Å². The number of hydrogen-bond donors (Lipinski definition) is 1. The van der Waals surface area contributed by atoms with Crippen molar-refractivity contribution in [3.63, 3.8) is 0 Å². The summed E-state index contributed by atoms with van der Waals surface area (Å²) in [6.45, 7) is 2.99. The molecule has 4 nitrogen and oxygen atoms in total. The fraction of sp³-hybridized carbons (Fsp3) is 0.200. The van der Waals surface area contributed by atoms with Crippen LogP contribution in [0, 0.1) is 6.92 Å². The summed E-state index contributed by atoms with van der Waals surface area (Å²) in [5.74, 6) is 0.683. The molecule has 26 heavy (non-hydrogen) atoms. The van der Waals surface area contributed by atoms with Gasteiger partial charge in [-0.2, -0.15) is 9.67 Å². The Morgan fingerprint density at radius 3 is 2.92 bits per heavy atom. The number of nitrogens with zero attached hydrogens (tertiary/aromatic N) is 3. The number of thiazole rings is 1. The van der Waals surface area contributed by atoms with E-state index < -0.39 is 0 Å². The second kappa shape index (κ2) is 5.83. The van der Waals surface area contributed by atoms with Crippen LogP contribution in [-0.4, -0.2) is 9.78 Å². The quantitative estimate of drug-likeness (QED) is 0.492. The minimum absolute atomic E-state index is 0.683. The lowest BCUT2D eigenvalue weighted by molar-refractivity contribution is -0.656. The first-order valence-electron chi connectivity index (χ1n) is 8.69. The van der Waals surface area contributed by atoms with E-state index in [1.54, 1.807) is 11.3 Å². The summed E-state index contributed by atoms with van der Waals surface area (Å²) in [5, 5.41) is 6.77. The Hall–Kier alpha value is -2.37. The normalized spacial score (nSPS) is 13.5. The number of aryl methyl sites for hydroxylation is 3. The molecule has 1 aliphatic rings. The molecule has 0 bridgehead atoms. The largest absolute Gasteiger partial charge is 0.383 e. The fourth-order valence-electron chi connectivity index (χ4n) is 3.64. The monoisotopic (exact) mass is 381 g/mol. The Labute approximate surface area is 160 Å². The Bertz CT molecular complexity index is 1160. The second-order valence-electron chi connectivity index (χ2n) is 6.68. The molecule has 0 fully saturated rings. The molecule has 2 N–H and O–H groups in total. The lowest BCUT2D eigenvalue weighted by Gasteiger charge is -2.06. The number of nitrogen functional groups attached to an aromatic ring is 1.